The van der Waals surface area contributed by atoms with Crippen LogP contribution in [-0.4, -0.2) is 18.4 Å². The Bertz CT molecular complexity index is 490. The summed E-state index contributed by atoms with van der Waals surface area (Å²) in [6.45, 7) is 6.07. The van der Waals surface area contributed by atoms with E-state index >= 15 is 0 Å². The van der Waals surface area contributed by atoms with E-state index in [-0.39, 0.29) is 30.1 Å². The summed E-state index contributed by atoms with van der Waals surface area (Å²) in [5.74, 6) is -0.195. The molecule has 0 saturated carbocycles. The van der Waals surface area contributed by atoms with Gasteiger partial charge in [0.05, 0.1) is 0 Å². The third kappa shape index (κ3) is 6.60. The molecule has 2 amide bonds. The molecule has 0 atom stereocenters. The molecule has 118 valence electrons. The van der Waals surface area contributed by atoms with Gasteiger partial charge < -0.3 is 16.4 Å². The fraction of sp³-hybridized carbons (Fsp3) is 0.467. The van der Waals surface area contributed by atoms with Gasteiger partial charge in [-0.15, -0.1) is 12.4 Å². The Hall–Kier alpha value is -1.59. The maximum absolute atomic E-state index is 11.7. The van der Waals surface area contributed by atoms with Crippen molar-refractivity contribution in [1.82, 2.24) is 0 Å². The second kappa shape index (κ2) is 9.37. The predicted molar refractivity (Wildman–Crippen MR) is 88.8 cm³/mol. The molecule has 0 aliphatic rings. The highest BCUT2D eigenvalue weighted by molar-refractivity contribution is 5.95. The normalized spacial score (nSPS) is 9.95. The van der Waals surface area contributed by atoms with Crippen LogP contribution in [0.2, 0.25) is 0 Å². The molecule has 0 aliphatic heterocycles. The highest BCUT2D eigenvalue weighted by Gasteiger charge is 2.09. The van der Waals surface area contributed by atoms with Crippen molar-refractivity contribution >= 4 is 35.6 Å². The number of aryl methyl sites for hydroxylation is 1. The predicted octanol–water partition coefficient (Wildman–Crippen LogP) is 2.69. The van der Waals surface area contributed by atoms with Crippen LogP contribution in [0.25, 0.3) is 0 Å². The highest BCUT2D eigenvalue weighted by Crippen LogP contribution is 2.21. The molecule has 0 aromatic heterocycles. The molecule has 0 fully saturated rings. The first-order chi connectivity index (χ1) is 9.43. The number of amides is 2. The van der Waals surface area contributed by atoms with Gasteiger partial charge in [0.15, 0.2) is 0 Å². The van der Waals surface area contributed by atoms with Gasteiger partial charge in [0.1, 0.15) is 0 Å². The molecule has 1 aromatic carbocycles. The molecule has 6 heteroatoms. The van der Waals surface area contributed by atoms with Gasteiger partial charge in [-0.3, -0.25) is 9.59 Å². The molecule has 1 rings (SSSR count). The van der Waals surface area contributed by atoms with Crippen LogP contribution >= 0.6 is 12.4 Å². The van der Waals surface area contributed by atoms with Gasteiger partial charge in [-0.2, -0.15) is 0 Å². The average Bonchev–Trinajstić information content (AvgIpc) is 2.40. The lowest BCUT2D eigenvalue weighted by atomic mass is 10.1. The van der Waals surface area contributed by atoms with Crippen molar-refractivity contribution in [2.75, 3.05) is 17.2 Å². The molecule has 0 saturated heterocycles. The molecule has 0 unspecified atom stereocenters. The highest BCUT2D eigenvalue weighted by atomic mass is 35.5. The molecule has 4 N–H and O–H groups in total. The first-order valence-electron chi connectivity index (χ1n) is 6.85. The van der Waals surface area contributed by atoms with Crippen LogP contribution in [-0.2, 0) is 9.59 Å². The first kappa shape index (κ1) is 19.4. The van der Waals surface area contributed by atoms with E-state index in [9.17, 15) is 9.59 Å². The number of benzene rings is 1. The lowest BCUT2D eigenvalue weighted by molar-refractivity contribution is -0.119. The monoisotopic (exact) mass is 313 g/mol. The number of rotatable bonds is 6. The van der Waals surface area contributed by atoms with Crippen LogP contribution in [0.5, 0.6) is 0 Å². The maximum atomic E-state index is 11.7. The van der Waals surface area contributed by atoms with E-state index in [1.54, 1.807) is 6.07 Å². The van der Waals surface area contributed by atoms with Gasteiger partial charge in [0, 0.05) is 23.7 Å². The number of carbonyl (C=O) groups is 2. The Kier molecular flexibility index (Phi) is 8.66. The fourth-order valence-corrected chi connectivity index (χ4v) is 1.60. The van der Waals surface area contributed by atoms with E-state index in [1.807, 2.05) is 32.9 Å². The second-order valence-electron chi connectivity index (χ2n) is 5.11. The Morgan fingerprint density at radius 1 is 1.24 bits per heavy atom. The van der Waals surface area contributed by atoms with Crippen molar-refractivity contribution in [2.24, 2.45) is 11.7 Å². The van der Waals surface area contributed by atoms with Crippen LogP contribution in [0.15, 0.2) is 18.2 Å². The number of carbonyl (C=O) groups excluding carboxylic acids is 2. The van der Waals surface area contributed by atoms with Crippen LogP contribution in [0.3, 0.4) is 0 Å². The van der Waals surface area contributed by atoms with Gasteiger partial charge in [0.25, 0.3) is 0 Å². The maximum Gasteiger partial charge on any atom is 0.226 e. The van der Waals surface area contributed by atoms with E-state index in [2.05, 4.69) is 10.6 Å². The largest absolute Gasteiger partial charge is 0.330 e. The lowest BCUT2D eigenvalue weighted by Gasteiger charge is -2.12. The van der Waals surface area contributed by atoms with Crippen LogP contribution in [0.4, 0.5) is 11.4 Å². The third-order valence-electron chi connectivity index (χ3n) is 2.91. The molecule has 0 heterocycles. The summed E-state index contributed by atoms with van der Waals surface area (Å²) < 4.78 is 0. The third-order valence-corrected chi connectivity index (χ3v) is 2.91. The Morgan fingerprint density at radius 3 is 2.48 bits per heavy atom. The minimum atomic E-state index is -0.0844. The van der Waals surface area contributed by atoms with E-state index in [0.717, 1.165) is 5.56 Å². The van der Waals surface area contributed by atoms with Gasteiger partial charge in [0.2, 0.25) is 11.8 Å². The van der Waals surface area contributed by atoms with Gasteiger partial charge >= 0.3 is 0 Å². The van der Waals surface area contributed by atoms with Crippen molar-refractivity contribution in [1.29, 1.82) is 0 Å². The summed E-state index contributed by atoms with van der Waals surface area (Å²) >= 11 is 0. The zero-order valence-electron chi connectivity index (χ0n) is 12.7. The van der Waals surface area contributed by atoms with Crippen molar-refractivity contribution in [3.05, 3.63) is 23.8 Å². The number of nitrogens with one attached hydrogen (secondary N) is 2. The molecule has 1 aromatic rings. The number of anilines is 2. The standard InChI is InChI=1S/C15H23N3O2.ClH/c1-10(2)15(20)17-12-7-6-11(3)13(9-12)18-14(19)5-4-8-16;/h6-7,9-10H,4-5,8,16H2,1-3H3,(H,17,20)(H,18,19);1H. The average molecular weight is 314 g/mol. The summed E-state index contributed by atoms with van der Waals surface area (Å²) in [4.78, 5) is 23.4. The molecular formula is C15H24ClN3O2. The summed E-state index contributed by atoms with van der Waals surface area (Å²) in [7, 11) is 0. The summed E-state index contributed by atoms with van der Waals surface area (Å²) in [5, 5.41) is 5.66. The van der Waals surface area contributed by atoms with Crippen molar-refractivity contribution in [3.63, 3.8) is 0 Å². The van der Waals surface area contributed by atoms with E-state index in [1.165, 1.54) is 0 Å². The molecule has 5 nitrogen and oxygen atoms in total. The molecule has 0 radical (unpaired) electrons. The Morgan fingerprint density at radius 2 is 1.90 bits per heavy atom. The first-order valence-corrected chi connectivity index (χ1v) is 6.85. The quantitative estimate of drug-likeness (QED) is 0.755. The van der Waals surface area contributed by atoms with E-state index < -0.39 is 0 Å². The number of hydrogen-bond acceptors (Lipinski definition) is 3. The van der Waals surface area contributed by atoms with Gasteiger partial charge in [-0.1, -0.05) is 19.9 Å². The lowest BCUT2D eigenvalue weighted by Crippen LogP contribution is -2.18. The smallest absolute Gasteiger partial charge is 0.226 e. The van der Waals surface area contributed by atoms with E-state index in [0.29, 0.717) is 30.8 Å². The summed E-state index contributed by atoms with van der Waals surface area (Å²) in [5.41, 5.74) is 7.73. The minimum Gasteiger partial charge on any atom is -0.330 e. The SMILES string of the molecule is Cc1ccc(NC(=O)C(C)C)cc1NC(=O)CCCN.Cl. The van der Waals surface area contributed by atoms with Crippen molar-refractivity contribution in [2.45, 2.75) is 33.6 Å². The van der Waals surface area contributed by atoms with Gasteiger partial charge in [-0.05, 0) is 37.6 Å². The number of hydrogen-bond donors (Lipinski definition) is 3. The van der Waals surface area contributed by atoms with Gasteiger partial charge in [-0.25, -0.2) is 0 Å². The number of halogens is 1. The second-order valence-corrected chi connectivity index (χ2v) is 5.11. The molecule has 0 bridgehead atoms. The minimum absolute atomic E-state index is 0. The Balaban J connectivity index is 0.00000400. The molecular weight excluding hydrogens is 290 g/mol. The molecule has 0 aliphatic carbocycles. The van der Waals surface area contributed by atoms with Crippen LogP contribution < -0.4 is 16.4 Å². The van der Waals surface area contributed by atoms with Crippen LogP contribution in [0, 0.1) is 12.8 Å². The van der Waals surface area contributed by atoms with Crippen LogP contribution in [0.1, 0.15) is 32.3 Å². The van der Waals surface area contributed by atoms with Crippen molar-refractivity contribution < 1.29 is 9.59 Å². The summed E-state index contributed by atoms with van der Waals surface area (Å²) in [6.07, 6.45) is 1.06. The molecule has 21 heavy (non-hydrogen) atoms. The fourth-order valence-electron chi connectivity index (χ4n) is 1.60. The zero-order valence-corrected chi connectivity index (χ0v) is 13.5. The Labute approximate surface area is 132 Å². The zero-order chi connectivity index (χ0) is 15.1. The number of nitrogens with two attached hydrogens (primary N) is 1. The van der Waals surface area contributed by atoms with Crippen molar-refractivity contribution in [3.8, 4) is 0 Å². The van der Waals surface area contributed by atoms with E-state index in [4.69, 9.17) is 5.73 Å². The summed E-state index contributed by atoms with van der Waals surface area (Å²) in [6, 6.07) is 5.47. The molecule has 0 spiro atoms. The topological polar surface area (TPSA) is 84.2 Å².